The molecule has 1 fully saturated rings. The minimum Gasteiger partial charge on any atom is -0.0850 e. The molecular formula is C11H18. The van der Waals surface area contributed by atoms with Crippen LogP contribution in [0.5, 0.6) is 0 Å². The summed E-state index contributed by atoms with van der Waals surface area (Å²) in [6, 6.07) is 0. The zero-order valence-electron chi connectivity index (χ0n) is 7.47. The summed E-state index contributed by atoms with van der Waals surface area (Å²) in [5, 5.41) is 0. The van der Waals surface area contributed by atoms with Gasteiger partial charge in [-0.05, 0) is 50.4 Å². The Labute approximate surface area is 69.7 Å². The van der Waals surface area contributed by atoms with Crippen molar-refractivity contribution in [1.82, 2.24) is 0 Å². The van der Waals surface area contributed by atoms with Crippen molar-refractivity contribution in [2.45, 2.75) is 45.4 Å². The van der Waals surface area contributed by atoms with Crippen molar-refractivity contribution in [2.24, 2.45) is 11.8 Å². The lowest BCUT2D eigenvalue weighted by Crippen LogP contribution is -2.17. The molecule has 2 rings (SSSR count). The average molecular weight is 150 g/mol. The maximum absolute atomic E-state index is 2.52. The molecule has 0 spiro atoms. The predicted molar refractivity (Wildman–Crippen MR) is 48.4 cm³/mol. The Bertz CT molecular complexity index is 167. The molecule has 0 nitrogen and oxygen atoms in total. The number of hydrogen-bond acceptors (Lipinski definition) is 0. The maximum Gasteiger partial charge on any atom is -0.0203 e. The minimum absolute atomic E-state index is 0.968. The molecule has 0 N–H and O–H groups in total. The molecule has 0 aromatic heterocycles. The van der Waals surface area contributed by atoms with Gasteiger partial charge in [-0.25, -0.2) is 0 Å². The predicted octanol–water partition coefficient (Wildman–Crippen LogP) is 3.53. The molecule has 0 saturated heterocycles. The highest BCUT2D eigenvalue weighted by Gasteiger charge is 2.23. The zero-order chi connectivity index (χ0) is 7.68. The monoisotopic (exact) mass is 150 g/mol. The van der Waals surface area contributed by atoms with Crippen molar-refractivity contribution in [3.05, 3.63) is 11.6 Å². The van der Waals surface area contributed by atoms with Crippen LogP contribution in [0.15, 0.2) is 11.6 Å². The van der Waals surface area contributed by atoms with Crippen molar-refractivity contribution < 1.29 is 0 Å². The van der Waals surface area contributed by atoms with E-state index in [1.54, 1.807) is 5.57 Å². The number of allylic oxidation sites excluding steroid dienone is 2. The smallest absolute Gasteiger partial charge is 0.0203 e. The van der Waals surface area contributed by atoms with Gasteiger partial charge in [0.2, 0.25) is 0 Å². The van der Waals surface area contributed by atoms with Gasteiger partial charge < -0.3 is 0 Å². The van der Waals surface area contributed by atoms with Crippen LogP contribution in [0.3, 0.4) is 0 Å². The van der Waals surface area contributed by atoms with Gasteiger partial charge >= 0.3 is 0 Å². The molecular weight excluding hydrogens is 132 g/mol. The van der Waals surface area contributed by atoms with Crippen LogP contribution in [-0.4, -0.2) is 0 Å². The van der Waals surface area contributed by atoms with E-state index in [1.165, 1.54) is 38.5 Å². The Morgan fingerprint density at radius 1 is 1.27 bits per heavy atom. The summed E-state index contributed by atoms with van der Waals surface area (Å²) in [5.74, 6) is 1.97. The molecule has 2 atom stereocenters. The number of hydrogen-bond donors (Lipinski definition) is 0. The lowest BCUT2D eigenvalue weighted by molar-refractivity contribution is 0.338. The molecule has 0 amide bonds. The third-order valence-electron chi connectivity index (χ3n) is 3.28. The third-order valence-corrected chi connectivity index (χ3v) is 3.28. The van der Waals surface area contributed by atoms with E-state index < -0.39 is 0 Å². The molecule has 11 heavy (non-hydrogen) atoms. The maximum atomic E-state index is 2.52. The molecule has 0 heterocycles. The van der Waals surface area contributed by atoms with Gasteiger partial charge in [0.05, 0.1) is 0 Å². The van der Waals surface area contributed by atoms with E-state index in [-0.39, 0.29) is 0 Å². The highest BCUT2D eigenvalue weighted by atomic mass is 14.3. The summed E-state index contributed by atoms with van der Waals surface area (Å²) in [6.07, 6.45) is 11.2. The Kier molecular flexibility index (Phi) is 2.02. The van der Waals surface area contributed by atoms with Gasteiger partial charge in [-0.3, -0.25) is 0 Å². The fourth-order valence-corrected chi connectivity index (χ4v) is 2.57. The normalized spacial score (nSPS) is 37.7. The standard InChI is InChI=1S/C11H18/c1-9-6-7-10-4-2-3-5-11(10)8-9/h5,9-10H,2-4,6-8H2,1H3. The average Bonchev–Trinajstić information content (AvgIpc) is 2.04. The van der Waals surface area contributed by atoms with Gasteiger partial charge in [0, 0.05) is 0 Å². The number of rotatable bonds is 0. The summed E-state index contributed by atoms with van der Waals surface area (Å²) >= 11 is 0. The fourth-order valence-electron chi connectivity index (χ4n) is 2.57. The zero-order valence-corrected chi connectivity index (χ0v) is 7.47. The first-order valence-electron chi connectivity index (χ1n) is 5.05. The quantitative estimate of drug-likeness (QED) is 0.463. The molecule has 2 unspecified atom stereocenters. The van der Waals surface area contributed by atoms with E-state index in [2.05, 4.69) is 13.0 Å². The lowest BCUT2D eigenvalue weighted by atomic mass is 9.74. The summed E-state index contributed by atoms with van der Waals surface area (Å²) < 4.78 is 0. The van der Waals surface area contributed by atoms with Gasteiger partial charge in [0.1, 0.15) is 0 Å². The van der Waals surface area contributed by atoms with Gasteiger partial charge in [-0.15, -0.1) is 0 Å². The molecule has 2 aliphatic carbocycles. The van der Waals surface area contributed by atoms with Crippen LogP contribution in [0.25, 0.3) is 0 Å². The van der Waals surface area contributed by atoms with Crippen LogP contribution in [-0.2, 0) is 0 Å². The van der Waals surface area contributed by atoms with Crippen molar-refractivity contribution >= 4 is 0 Å². The Hall–Kier alpha value is -0.260. The molecule has 62 valence electrons. The minimum atomic E-state index is 0.968. The first-order valence-corrected chi connectivity index (χ1v) is 5.05. The van der Waals surface area contributed by atoms with Crippen LogP contribution in [0.4, 0.5) is 0 Å². The second kappa shape index (κ2) is 3.00. The molecule has 0 radical (unpaired) electrons. The van der Waals surface area contributed by atoms with E-state index in [0.29, 0.717) is 0 Å². The molecule has 2 aliphatic rings. The Balaban J connectivity index is 2.07. The summed E-state index contributed by atoms with van der Waals surface area (Å²) in [6.45, 7) is 2.39. The van der Waals surface area contributed by atoms with E-state index in [1.807, 2.05) is 0 Å². The fraction of sp³-hybridized carbons (Fsp3) is 0.818. The SMILES string of the molecule is CC1CCC2CCCC=C2C1. The molecule has 0 aromatic carbocycles. The molecule has 0 bridgehead atoms. The van der Waals surface area contributed by atoms with Crippen LogP contribution in [0.1, 0.15) is 45.4 Å². The van der Waals surface area contributed by atoms with Crippen LogP contribution >= 0.6 is 0 Å². The van der Waals surface area contributed by atoms with E-state index in [4.69, 9.17) is 0 Å². The van der Waals surface area contributed by atoms with Crippen molar-refractivity contribution in [3.63, 3.8) is 0 Å². The van der Waals surface area contributed by atoms with Gasteiger partial charge in [0.15, 0.2) is 0 Å². The molecule has 0 aliphatic heterocycles. The molecule has 0 aromatic rings. The Morgan fingerprint density at radius 2 is 2.18 bits per heavy atom. The van der Waals surface area contributed by atoms with Gasteiger partial charge in [-0.2, -0.15) is 0 Å². The highest BCUT2D eigenvalue weighted by molar-refractivity contribution is 5.12. The van der Waals surface area contributed by atoms with Crippen molar-refractivity contribution in [2.75, 3.05) is 0 Å². The first-order chi connectivity index (χ1) is 5.36. The Morgan fingerprint density at radius 3 is 3.09 bits per heavy atom. The lowest BCUT2D eigenvalue weighted by Gasteiger charge is -2.32. The second-order valence-corrected chi connectivity index (χ2v) is 4.29. The van der Waals surface area contributed by atoms with Crippen LogP contribution < -0.4 is 0 Å². The largest absolute Gasteiger partial charge is 0.0850 e. The van der Waals surface area contributed by atoms with Crippen LogP contribution in [0, 0.1) is 11.8 Å². The highest BCUT2D eigenvalue weighted by Crippen LogP contribution is 2.38. The van der Waals surface area contributed by atoms with Gasteiger partial charge in [0.25, 0.3) is 0 Å². The number of fused-ring (bicyclic) bond motifs is 1. The summed E-state index contributed by atoms with van der Waals surface area (Å²) in [7, 11) is 0. The topological polar surface area (TPSA) is 0 Å². The van der Waals surface area contributed by atoms with Crippen molar-refractivity contribution in [3.8, 4) is 0 Å². The second-order valence-electron chi connectivity index (χ2n) is 4.29. The van der Waals surface area contributed by atoms with E-state index in [9.17, 15) is 0 Å². The third kappa shape index (κ3) is 1.50. The summed E-state index contributed by atoms with van der Waals surface area (Å²) in [4.78, 5) is 0. The first kappa shape index (κ1) is 7.39. The van der Waals surface area contributed by atoms with Gasteiger partial charge in [-0.1, -0.05) is 18.6 Å². The van der Waals surface area contributed by atoms with E-state index in [0.717, 1.165) is 11.8 Å². The van der Waals surface area contributed by atoms with E-state index >= 15 is 0 Å². The molecule has 1 saturated carbocycles. The van der Waals surface area contributed by atoms with Crippen molar-refractivity contribution in [1.29, 1.82) is 0 Å². The molecule has 0 heteroatoms. The van der Waals surface area contributed by atoms with Crippen LogP contribution in [0.2, 0.25) is 0 Å². The summed E-state index contributed by atoms with van der Waals surface area (Å²) in [5.41, 5.74) is 1.80.